The molecule has 0 fully saturated rings. The van der Waals surface area contributed by atoms with Gasteiger partial charge in [-0.3, -0.25) is 4.79 Å². The third-order valence-corrected chi connectivity index (χ3v) is 4.61. The van der Waals surface area contributed by atoms with E-state index >= 15 is 0 Å². The molecule has 23 heavy (non-hydrogen) atoms. The Hall–Kier alpha value is -1.96. The summed E-state index contributed by atoms with van der Waals surface area (Å²) >= 11 is 5.60. The minimum Gasteiger partial charge on any atom is -0.325 e. The Morgan fingerprint density at radius 3 is 2.61 bits per heavy atom. The average molecular weight is 357 g/mol. The lowest BCUT2D eigenvalue weighted by molar-refractivity contribution is -0.115. The molecule has 2 aromatic rings. The largest absolute Gasteiger partial charge is 0.325 e. The molecule has 8 heteroatoms. The normalized spacial score (nSPS) is 11.3. The van der Waals surface area contributed by atoms with Crippen LogP contribution in [0.15, 0.2) is 47.4 Å². The SMILES string of the molecule is Cc1cccc(S(=O)(=O)NCC(=O)Nc2ccc(F)c(Cl)c2)c1. The van der Waals surface area contributed by atoms with Crippen LogP contribution in [0.3, 0.4) is 0 Å². The number of carbonyl (C=O) groups is 1. The molecular formula is C15H14ClFN2O3S. The van der Waals surface area contributed by atoms with E-state index in [1.807, 2.05) is 0 Å². The molecule has 0 saturated carbocycles. The summed E-state index contributed by atoms with van der Waals surface area (Å²) in [6.07, 6.45) is 0. The Morgan fingerprint density at radius 1 is 1.22 bits per heavy atom. The number of benzene rings is 2. The summed E-state index contributed by atoms with van der Waals surface area (Å²) in [6.45, 7) is 1.31. The average Bonchev–Trinajstić information content (AvgIpc) is 2.49. The standard InChI is InChI=1S/C15H14ClFN2O3S/c1-10-3-2-4-12(7-10)23(21,22)18-9-15(20)19-11-5-6-14(17)13(16)8-11/h2-8,18H,9H2,1H3,(H,19,20). The van der Waals surface area contributed by atoms with Gasteiger partial charge in [0.25, 0.3) is 0 Å². The van der Waals surface area contributed by atoms with E-state index < -0.39 is 28.3 Å². The van der Waals surface area contributed by atoms with Crippen LogP contribution < -0.4 is 10.0 Å². The highest BCUT2D eigenvalue weighted by Gasteiger charge is 2.15. The Bertz CT molecular complexity index is 840. The molecule has 0 radical (unpaired) electrons. The highest BCUT2D eigenvalue weighted by Crippen LogP contribution is 2.19. The van der Waals surface area contributed by atoms with Crippen LogP contribution in [-0.4, -0.2) is 20.9 Å². The molecule has 0 atom stereocenters. The van der Waals surface area contributed by atoms with Gasteiger partial charge in [0.05, 0.1) is 16.5 Å². The fraction of sp³-hybridized carbons (Fsp3) is 0.133. The van der Waals surface area contributed by atoms with Gasteiger partial charge < -0.3 is 5.32 Å². The first kappa shape index (κ1) is 17.4. The number of anilines is 1. The zero-order chi connectivity index (χ0) is 17.0. The van der Waals surface area contributed by atoms with E-state index in [0.29, 0.717) is 0 Å². The first-order valence-corrected chi connectivity index (χ1v) is 8.45. The van der Waals surface area contributed by atoms with Crippen molar-refractivity contribution in [2.75, 3.05) is 11.9 Å². The Labute approximate surface area is 138 Å². The van der Waals surface area contributed by atoms with Crippen LogP contribution in [-0.2, 0) is 14.8 Å². The maximum absolute atomic E-state index is 13.0. The van der Waals surface area contributed by atoms with Gasteiger partial charge >= 0.3 is 0 Å². The van der Waals surface area contributed by atoms with E-state index in [1.165, 1.54) is 24.3 Å². The molecule has 2 rings (SSSR count). The number of sulfonamides is 1. The van der Waals surface area contributed by atoms with E-state index in [-0.39, 0.29) is 15.6 Å². The molecule has 0 aliphatic rings. The van der Waals surface area contributed by atoms with Crippen molar-refractivity contribution in [1.82, 2.24) is 4.72 Å². The van der Waals surface area contributed by atoms with Crippen LogP contribution in [0.2, 0.25) is 5.02 Å². The zero-order valence-electron chi connectivity index (χ0n) is 12.1. The first-order valence-electron chi connectivity index (χ1n) is 6.59. The summed E-state index contributed by atoms with van der Waals surface area (Å²) in [5.41, 5.74) is 1.06. The number of aryl methyl sites for hydroxylation is 1. The minimum atomic E-state index is -3.78. The van der Waals surface area contributed by atoms with E-state index in [2.05, 4.69) is 10.0 Å². The van der Waals surface area contributed by atoms with Crippen molar-refractivity contribution in [3.63, 3.8) is 0 Å². The van der Waals surface area contributed by atoms with Gasteiger partial charge in [-0.1, -0.05) is 23.7 Å². The van der Waals surface area contributed by atoms with Gasteiger partial charge in [-0.15, -0.1) is 0 Å². The maximum atomic E-state index is 13.0. The molecule has 0 heterocycles. The molecule has 122 valence electrons. The molecule has 0 aliphatic carbocycles. The number of hydrogen-bond donors (Lipinski definition) is 2. The Balaban J connectivity index is 1.99. The highest BCUT2D eigenvalue weighted by molar-refractivity contribution is 7.89. The minimum absolute atomic E-state index is 0.0788. The van der Waals surface area contributed by atoms with Crippen molar-refractivity contribution < 1.29 is 17.6 Å². The van der Waals surface area contributed by atoms with E-state index in [4.69, 9.17) is 11.6 Å². The van der Waals surface area contributed by atoms with Crippen molar-refractivity contribution in [1.29, 1.82) is 0 Å². The summed E-state index contributed by atoms with van der Waals surface area (Å²) < 4.78 is 39.4. The van der Waals surface area contributed by atoms with Gasteiger partial charge in [-0.25, -0.2) is 17.5 Å². The lowest BCUT2D eigenvalue weighted by Gasteiger charge is -2.09. The summed E-state index contributed by atoms with van der Waals surface area (Å²) in [7, 11) is -3.78. The molecule has 0 aliphatic heterocycles. The lowest BCUT2D eigenvalue weighted by atomic mass is 10.2. The molecule has 2 N–H and O–H groups in total. The topological polar surface area (TPSA) is 75.3 Å². The Morgan fingerprint density at radius 2 is 1.96 bits per heavy atom. The third kappa shape index (κ3) is 4.75. The molecule has 5 nitrogen and oxygen atoms in total. The van der Waals surface area contributed by atoms with Gasteiger partial charge in [0.15, 0.2) is 0 Å². The quantitative estimate of drug-likeness (QED) is 0.864. The predicted octanol–water partition coefficient (Wildman–Crippen LogP) is 2.70. The number of rotatable bonds is 5. The fourth-order valence-electron chi connectivity index (χ4n) is 1.81. The molecule has 0 saturated heterocycles. The molecular weight excluding hydrogens is 343 g/mol. The summed E-state index contributed by atoms with van der Waals surface area (Å²) in [5.74, 6) is -1.20. The van der Waals surface area contributed by atoms with Gasteiger partial charge in [0.2, 0.25) is 15.9 Å². The monoisotopic (exact) mass is 356 g/mol. The molecule has 1 amide bonds. The van der Waals surface area contributed by atoms with E-state index in [1.54, 1.807) is 19.1 Å². The summed E-state index contributed by atoms with van der Waals surface area (Å²) in [6, 6.07) is 9.99. The fourth-order valence-corrected chi connectivity index (χ4v) is 3.07. The lowest BCUT2D eigenvalue weighted by Crippen LogP contribution is -2.32. The van der Waals surface area contributed by atoms with Crippen molar-refractivity contribution in [2.45, 2.75) is 11.8 Å². The van der Waals surface area contributed by atoms with Crippen LogP contribution in [0.4, 0.5) is 10.1 Å². The first-order chi connectivity index (χ1) is 10.8. The molecule has 0 bridgehead atoms. The predicted molar refractivity (Wildman–Crippen MR) is 86.4 cm³/mol. The van der Waals surface area contributed by atoms with Crippen molar-refractivity contribution in [3.05, 3.63) is 58.9 Å². The number of hydrogen-bond acceptors (Lipinski definition) is 3. The van der Waals surface area contributed by atoms with Gasteiger partial charge in [0, 0.05) is 5.69 Å². The van der Waals surface area contributed by atoms with Gasteiger partial charge in [0.1, 0.15) is 5.82 Å². The van der Waals surface area contributed by atoms with Crippen LogP contribution in [0.5, 0.6) is 0 Å². The number of amides is 1. The van der Waals surface area contributed by atoms with Crippen molar-refractivity contribution in [2.24, 2.45) is 0 Å². The Kier molecular flexibility index (Phi) is 5.35. The van der Waals surface area contributed by atoms with Gasteiger partial charge in [-0.05, 0) is 42.8 Å². The number of carbonyl (C=O) groups excluding carboxylic acids is 1. The number of nitrogens with one attached hydrogen (secondary N) is 2. The highest BCUT2D eigenvalue weighted by atomic mass is 35.5. The van der Waals surface area contributed by atoms with Crippen LogP contribution in [0.25, 0.3) is 0 Å². The van der Waals surface area contributed by atoms with Crippen LogP contribution in [0.1, 0.15) is 5.56 Å². The molecule has 0 spiro atoms. The second-order valence-electron chi connectivity index (χ2n) is 4.82. The second kappa shape index (κ2) is 7.08. The van der Waals surface area contributed by atoms with Crippen molar-refractivity contribution >= 4 is 33.2 Å². The van der Waals surface area contributed by atoms with Crippen LogP contribution in [0, 0.1) is 12.7 Å². The third-order valence-electron chi connectivity index (χ3n) is 2.93. The maximum Gasteiger partial charge on any atom is 0.241 e. The van der Waals surface area contributed by atoms with E-state index in [0.717, 1.165) is 11.6 Å². The van der Waals surface area contributed by atoms with E-state index in [9.17, 15) is 17.6 Å². The molecule has 0 unspecified atom stereocenters. The van der Waals surface area contributed by atoms with Crippen molar-refractivity contribution in [3.8, 4) is 0 Å². The number of halogens is 2. The molecule has 2 aromatic carbocycles. The summed E-state index contributed by atoms with van der Waals surface area (Å²) in [4.78, 5) is 11.9. The smallest absolute Gasteiger partial charge is 0.241 e. The summed E-state index contributed by atoms with van der Waals surface area (Å²) in [5, 5.41) is 2.29. The van der Waals surface area contributed by atoms with Crippen LogP contribution >= 0.6 is 11.6 Å². The zero-order valence-corrected chi connectivity index (χ0v) is 13.7. The second-order valence-corrected chi connectivity index (χ2v) is 6.99. The van der Waals surface area contributed by atoms with Gasteiger partial charge in [-0.2, -0.15) is 0 Å². The molecule has 0 aromatic heterocycles.